The van der Waals surface area contributed by atoms with Crippen LogP contribution in [0.25, 0.3) is 0 Å². The Morgan fingerprint density at radius 2 is 2.21 bits per heavy atom. The molecule has 2 nitrogen and oxygen atoms in total. The molecule has 0 fully saturated rings. The molecule has 0 N–H and O–H groups in total. The van der Waals surface area contributed by atoms with Crippen LogP contribution in [0.1, 0.15) is 17.7 Å². The second kappa shape index (κ2) is 4.63. The highest BCUT2D eigenvalue weighted by Crippen LogP contribution is 2.31. The van der Waals surface area contributed by atoms with E-state index >= 15 is 0 Å². The molecule has 0 radical (unpaired) electrons. The molecular weight excluding hydrogens is 263 g/mol. The van der Waals surface area contributed by atoms with Gasteiger partial charge in [0, 0.05) is 5.33 Å². The molecule has 1 rings (SSSR count). The minimum Gasteiger partial charge on any atom is -0.492 e. The van der Waals surface area contributed by atoms with Crippen molar-refractivity contribution in [2.45, 2.75) is 11.8 Å². The molecule has 0 aromatic carbocycles. The summed E-state index contributed by atoms with van der Waals surface area (Å²) in [5.74, 6) is -1.51. The smallest absolute Gasteiger partial charge is 0.267 e. The molecule has 0 aliphatic carbocycles. The van der Waals surface area contributed by atoms with Crippen molar-refractivity contribution in [3.05, 3.63) is 23.3 Å². The molecule has 0 aliphatic heterocycles. The summed E-state index contributed by atoms with van der Waals surface area (Å²) in [7, 11) is 1.12. The van der Waals surface area contributed by atoms with Gasteiger partial charge in [0.15, 0.2) is 5.75 Å². The molecule has 0 saturated carbocycles. The van der Waals surface area contributed by atoms with E-state index in [0.29, 0.717) is 0 Å². The first-order valence-corrected chi connectivity index (χ1v) is 4.79. The summed E-state index contributed by atoms with van der Waals surface area (Å²) in [6, 6.07) is 1.11. The zero-order valence-corrected chi connectivity index (χ0v) is 8.82. The predicted molar refractivity (Wildman–Crippen MR) is 48.3 cm³/mol. The summed E-state index contributed by atoms with van der Waals surface area (Å²) in [6.07, 6.45) is -2.78. The number of rotatable bonds is 3. The van der Waals surface area contributed by atoms with Gasteiger partial charge in [0.1, 0.15) is 0 Å². The number of methoxy groups -OCH3 is 1. The number of hydrogen-bond acceptors (Lipinski definition) is 2. The maximum Gasteiger partial charge on any atom is 0.267 e. The third-order valence-electron chi connectivity index (χ3n) is 1.59. The van der Waals surface area contributed by atoms with E-state index in [1.165, 1.54) is 0 Å². The number of halogens is 4. The summed E-state index contributed by atoms with van der Waals surface area (Å²) < 4.78 is 42.4. The van der Waals surface area contributed by atoms with Crippen LogP contribution in [0.4, 0.5) is 13.2 Å². The molecule has 0 amide bonds. The van der Waals surface area contributed by atoms with Gasteiger partial charge in [-0.3, -0.25) is 0 Å². The lowest BCUT2D eigenvalue weighted by Crippen LogP contribution is -2.01. The lowest BCUT2D eigenvalue weighted by Gasteiger charge is -2.09. The third kappa shape index (κ3) is 2.17. The fourth-order valence-electron chi connectivity index (χ4n) is 1.01. The lowest BCUT2D eigenvalue weighted by atomic mass is 10.2. The van der Waals surface area contributed by atoms with Gasteiger partial charge >= 0.3 is 0 Å². The van der Waals surface area contributed by atoms with Crippen molar-refractivity contribution in [3.8, 4) is 5.75 Å². The van der Waals surface area contributed by atoms with Gasteiger partial charge in [-0.1, -0.05) is 15.9 Å². The molecule has 1 aromatic rings. The number of nitrogens with zero attached hydrogens (tertiary/aromatic N) is 1. The molecule has 0 atom stereocenters. The van der Waals surface area contributed by atoms with E-state index in [1.54, 1.807) is 0 Å². The van der Waals surface area contributed by atoms with Gasteiger partial charge in [-0.25, -0.2) is 13.8 Å². The Bertz CT molecular complexity index is 333. The SMILES string of the molecule is COc1c(C(F)F)cc(CBr)nc1F. The zero-order chi connectivity index (χ0) is 10.7. The summed E-state index contributed by atoms with van der Waals surface area (Å²) in [6.45, 7) is 0. The van der Waals surface area contributed by atoms with E-state index in [4.69, 9.17) is 0 Å². The van der Waals surface area contributed by atoms with Crippen molar-refractivity contribution in [2.75, 3.05) is 7.11 Å². The average Bonchev–Trinajstić information content (AvgIpc) is 2.16. The summed E-state index contributed by atoms with van der Waals surface area (Å²) in [4.78, 5) is 3.43. The van der Waals surface area contributed by atoms with Gasteiger partial charge in [-0.15, -0.1) is 0 Å². The van der Waals surface area contributed by atoms with Crippen LogP contribution in [0, 0.1) is 5.95 Å². The first-order valence-electron chi connectivity index (χ1n) is 3.67. The fraction of sp³-hybridized carbons (Fsp3) is 0.375. The van der Waals surface area contributed by atoms with Gasteiger partial charge in [-0.05, 0) is 6.07 Å². The van der Waals surface area contributed by atoms with Gasteiger partial charge in [0.25, 0.3) is 12.4 Å². The Labute approximate surface area is 87.2 Å². The summed E-state index contributed by atoms with van der Waals surface area (Å²) in [5, 5.41) is 0.216. The van der Waals surface area contributed by atoms with E-state index in [9.17, 15) is 13.2 Å². The summed E-state index contributed by atoms with van der Waals surface area (Å²) >= 11 is 3.01. The van der Waals surface area contributed by atoms with Crippen molar-refractivity contribution >= 4 is 15.9 Å². The molecule has 1 heterocycles. The highest BCUT2D eigenvalue weighted by atomic mass is 79.9. The first-order chi connectivity index (χ1) is 6.60. The predicted octanol–water partition coefficient (Wildman–Crippen LogP) is 3.06. The molecule has 0 saturated heterocycles. The van der Waals surface area contributed by atoms with Crippen molar-refractivity contribution in [1.82, 2.24) is 4.98 Å². The van der Waals surface area contributed by atoms with Crippen LogP contribution in [0.3, 0.4) is 0 Å². The Morgan fingerprint density at radius 1 is 1.57 bits per heavy atom. The second-order valence-electron chi connectivity index (χ2n) is 2.46. The molecule has 78 valence electrons. The Balaban J connectivity index is 3.28. The maximum absolute atomic E-state index is 13.1. The van der Waals surface area contributed by atoms with E-state index in [0.717, 1.165) is 13.2 Å². The van der Waals surface area contributed by atoms with E-state index < -0.39 is 23.7 Å². The second-order valence-corrected chi connectivity index (χ2v) is 3.02. The molecule has 1 aromatic heterocycles. The van der Waals surface area contributed by atoms with Crippen LogP contribution < -0.4 is 4.74 Å². The zero-order valence-electron chi connectivity index (χ0n) is 7.23. The molecule has 0 bridgehead atoms. The first kappa shape index (κ1) is 11.3. The Hall–Kier alpha value is -0.780. The van der Waals surface area contributed by atoms with Crippen molar-refractivity contribution in [2.24, 2.45) is 0 Å². The number of alkyl halides is 3. The van der Waals surface area contributed by atoms with Crippen molar-refractivity contribution in [3.63, 3.8) is 0 Å². The van der Waals surface area contributed by atoms with Crippen LogP contribution in [-0.4, -0.2) is 12.1 Å². The topological polar surface area (TPSA) is 22.1 Å². The standard InChI is InChI=1S/C8H7BrF3NO/c1-14-6-5(7(10)11)2-4(3-9)13-8(6)12/h2,7H,3H2,1H3. The molecule has 6 heteroatoms. The van der Waals surface area contributed by atoms with E-state index in [1.807, 2.05) is 0 Å². The normalized spacial score (nSPS) is 10.7. The van der Waals surface area contributed by atoms with Crippen LogP contribution in [0.15, 0.2) is 6.07 Å². The van der Waals surface area contributed by atoms with Crippen LogP contribution in [0.2, 0.25) is 0 Å². The van der Waals surface area contributed by atoms with Gasteiger partial charge < -0.3 is 4.74 Å². The molecule has 0 aliphatic rings. The Morgan fingerprint density at radius 3 is 2.64 bits per heavy atom. The highest BCUT2D eigenvalue weighted by molar-refractivity contribution is 9.08. The number of hydrogen-bond donors (Lipinski definition) is 0. The molecule has 14 heavy (non-hydrogen) atoms. The molecule has 0 unspecified atom stereocenters. The minimum atomic E-state index is -2.78. The lowest BCUT2D eigenvalue weighted by molar-refractivity contribution is 0.145. The Kier molecular flexibility index (Phi) is 3.74. The maximum atomic E-state index is 13.1. The third-order valence-corrected chi connectivity index (χ3v) is 2.16. The van der Waals surface area contributed by atoms with Gasteiger partial charge in [0.05, 0.1) is 18.4 Å². The van der Waals surface area contributed by atoms with E-state index in [-0.39, 0.29) is 11.0 Å². The van der Waals surface area contributed by atoms with Crippen molar-refractivity contribution < 1.29 is 17.9 Å². The summed E-state index contributed by atoms with van der Waals surface area (Å²) in [5.41, 5.74) is -0.270. The van der Waals surface area contributed by atoms with Crippen LogP contribution >= 0.6 is 15.9 Å². The van der Waals surface area contributed by atoms with Crippen LogP contribution in [0.5, 0.6) is 5.75 Å². The van der Waals surface area contributed by atoms with Crippen molar-refractivity contribution in [1.29, 1.82) is 0 Å². The van der Waals surface area contributed by atoms with Gasteiger partial charge in [-0.2, -0.15) is 4.39 Å². The average molecular weight is 270 g/mol. The quantitative estimate of drug-likeness (QED) is 0.622. The van der Waals surface area contributed by atoms with Crippen LogP contribution in [-0.2, 0) is 5.33 Å². The number of pyridine rings is 1. The number of ether oxygens (including phenoxy) is 1. The minimum absolute atomic E-state index is 0.207. The monoisotopic (exact) mass is 269 g/mol. The molecule has 0 spiro atoms. The molecular formula is C8H7BrF3NO. The van der Waals surface area contributed by atoms with E-state index in [2.05, 4.69) is 25.7 Å². The largest absolute Gasteiger partial charge is 0.492 e. The number of aromatic nitrogens is 1. The highest BCUT2D eigenvalue weighted by Gasteiger charge is 2.19. The fourth-order valence-corrected chi connectivity index (χ4v) is 1.29. The van der Waals surface area contributed by atoms with Gasteiger partial charge in [0.2, 0.25) is 0 Å².